The zero-order chi connectivity index (χ0) is 24.3. The molecule has 4 rings (SSSR count). The molecular formula is C28H32N6O. The summed E-state index contributed by atoms with van der Waals surface area (Å²) in [6.45, 7) is 6.67. The number of hydrogen-bond acceptors (Lipinski definition) is 7. The maximum absolute atomic E-state index is 6.01. The van der Waals surface area contributed by atoms with E-state index < -0.39 is 0 Å². The first kappa shape index (κ1) is 24.1. The average Bonchev–Trinajstić information content (AvgIpc) is 2.89. The summed E-state index contributed by atoms with van der Waals surface area (Å²) in [5, 5.41) is 6.74. The van der Waals surface area contributed by atoms with Crippen LogP contribution < -0.4 is 15.1 Å². The molecule has 0 spiro atoms. The minimum Gasteiger partial charge on any atom is -0.477 e. The van der Waals surface area contributed by atoms with Crippen molar-refractivity contribution in [2.45, 2.75) is 33.1 Å². The zero-order valence-electron chi connectivity index (χ0n) is 20.4. The summed E-state index contributed by atoms with van der Waals surface area (Å²) in [7, 11) is 0. The van der Waals surface area contributed by atoms with Crippen LogP contribution in [0.2, 0.25) is 0 Å². The third kappa shape index (κ3) is 6.99. The fourth-order valence-corrected chi connectivity index (χ4v) is 3.83. The van der Waals surface area contributed by atoms with Gasteiger partial charge in [0.05, 0.1) is 18.5 Å². The summed E-state index contributed by atoms with van der Waals surface area (Å²) < 4.78 is 6.01. The van der Waals surface area contributed by atoms with Gasteiger partial charge in [-0.1, -0.05) is 50.2 Å². The van der Waals surface area contributed by atoms with Crippen LogP contribution >= 0.6 is 0 Å². The van der Waals surface area contributed by atoms with Crippen LogP contribution in [-0.2, 0) is 6.42 Å². The summed E-state index contributed by atoms with van der Waals surface area (Å²) in [5.41, 5.74) is 4.99. The van der Waals surface area contributed by atoms with Crippen molar-refractivity contribution in [2.24, 2.45) is 5.10 Å². The SMILES string of the molecule is CCCN(CCC)c1cc(OCCc2ccccn2)nc(/C=N/Nc2ccc3ccccc3c2)n1. The quantitative estimate of drug-likeness (QED) is 0.212. The molecule has 0 saturated heterocycles. The lowest BCUT2D eigenvalue weighted by molar-refractivity contribution is 0.307. The number of fused-ring (bicyclic) bond motifs is 1. The minimum atomic E-state index is 0.487. The Morgan fingerprint density at radius 2 is 1.71 bits per heavy atom. The Labute approximate surface area is 206 Å². The van der Waals surface area contributed by atoms with Gasteiger partial charge in [-0.25, -0.2) is 4.98 Å². The van der Waals surface area contributed by atoms with Crippen molar-refractivity contribution in [2.75, 3.05) is 30.0 Å². The lowest BCUT2D eigenvalue weighted by Gasteiger charge is -2.23. The Morgan fingerprint density at radius 3 is 2.49 bits per heavy atom. The normalized spacial score (nSPS) is 11.1. The number of nitrogens with zero attached hydrogens (tertiary/aromatic N) is 5. The Bertz CT molecular complexity index is 1240. The molecule has 0 radical (unpaired) electrons. The average molecular weight is 469 g/mol. The number of nitrogens with one attached hydrogen (secondary N) is 1. The first-order chi connectivity index (χ1) is 17.2. The van der Waals surface area contributed by atoms with Gasteiger partial charge < -0.3 is 9.64 Å². The van der Waals surface area contributed by atoms with E-state index in [2.05, 4.69) is 63.5 Å². The standard InChI is InChI=1S/C28H32N6O/c1-3-16-34(17-4-2)27-20-28(35-18-14-24-11-7-8-15-29-24)32-26(31-27)21-30-33-25-13-12-22-9-5-6-10-23(22)19-25/h5-13,15,19-21,33H,3-4,14,16-18H2,1-2H3/b30-21+. The fraction of sp³-hybridized carbons (Fsp3) is 0.286. The smallest absolute Gasteiger partial charge is 0.219 e. The van der Waals surface area contributed by atoms with Crippen LogP contribution in [0.3, 0.4) is 0 Å². The maximum atomic E-state index is 6.01. The monoisotopic (exact) mass is 468 g/mol. The molecule has 4 aromatic rings. The molecule has 35 heavy (non-hydrogen) atoms. The molecule has 0 atom stereocenters. The third-order valence-corrected chi connectivity index (χ3v) is 5.47. The van der Waals surface area contributed by atoms with Crippen LogP contribution in [0.25, 0.3) is 10.8 Å². The largest absolute Gasteiger partial charge is 0.477 e. The van der Waals surface area contributed by atoms with E-state index in [9.17, 15) is 0 Å². The summed E-state index contributed by atoms with van der Waals surface area (Å²) in [4.78, 5) is 16.0. The molecule has 2 aromatic carbocycles. The van der Waals surface area contributed by atoms with Crippen LogP contribution in [-0.4, -0.2) is 40.9 Å². The number of hydrazone groups is 1. The second kappa shape index (κ2) is 12.5. The van der Waals surface area contributed by atoms with Gasteiger partial charge in [0.1, 0.15) is 5.82 Å². The van der Waals surface area contributed by atoms with Crippen LogP contribution in [0, 0.1) is 0 Å². The van der Waals surface area contributed by atoms with Gasteiger partial charge in [-0.15, -0.1) is 0 Å². The number of rotatable bonds is 12. The number of pyridine rings is 1. The Morgan fingerprint density at radius 1 is 0.914 bits per heavy atom. The highest BCUT2D eigenvalue weighted by Crippen LogP contribution is 2.20. The van der Waals surface area contributed by atoms with Gasteiger partial charge in [0, 0.05) is 37.5 Å². The molecule has 180 valence electrons. The van der Waals surface area contributed by atoms with Gasteiger partial charge >= 0.3 is 0 Å². The number of benzene rings is 2. The predicted octanol–water partition coefficient (Wildman–Crippen LogP) is 5.72. The topological polar surface area (TPSA) is 75.5 Å². The van der Waals surface area contributed by atoms with Crippen molar-refractivity contribution in [1.82, 2.24) is 15.0 Å². The fourth-order valence-electron chi connectivity index (χ4n) is 3.83. The molecule has 0 bridgehead atoms. The molecule has 0 saturated carbocycles. The van der Waals surface area contributed by atoms with Crippen molar-refractivity contribution >= 4 is 28.5 Å². The Balaban J connectivity index is 1.51. The van der Waals surface area contributed by atoms with Crippen LogP contribution in [0.5, 0.6) is 5.88 Å². The third-order valence-electron chi connectivity index (χ3n) is 5.47. The Hall–Kier alpha value is -4.00. The number of ether oxygens (including phenoxy) is 1. The van der Waals surface area contributed by atoms with E-state index in [4.69, 9.17) is 9.72 Å². The molecule has 0 amide bonds. The first-order valence-corrected chi connectivity index (χ1v) is 12.2. The van der Waals surface area contributed by atoms with E-state index in [1.807, 2.05) is 42.5 Å². The van der Waals surface area contributed by atoms with Gasteiger partial charge in [0.2, 0.25) is 5.88 Å². The van der Waals surface area contributed by atoms with E-state index in [0.29, 0.717) is 24.7 Å². The van der Waals surface area contributed by atoms with Crippen molar-refractivity contribution < 1.29 is 4.74 Å². The molecular weight excluding hydrogens is 436 g/mol. The van der Waals surface area contributed by atoms with Crippen LogP contribution in [0.4, 0.5) is 11.5 Å². The lowest BCUT2D eigenvalue weighted by Crippen LogP contribution is -2.26. The van der Waals surface area contributed by atoms with E-state index in [-0.39, 0.29) is 0 Å². The molecule has 0 unspecified atom stereocenters. The summed E-state index contributed by atoms with van der Waals surface area (Å²) >= 11 is 0. The van der Waals surface area contributed by atoms with E-state index in [1.165, 1.54) is 5.39 Å². The molecule has 0 fully saturated rings. The van der Waals surface area contributed by atoms with Crippen molar-refractivity contribution in [3.8, 4) is 5.88 Å². The van der Waals surface area contributed by atoms with Crippen molar-refractivity contribution in [3.63, 3.8) is 0 Å². The number of aromatic nitrogens is 3. The molecule has 2 heterocycles. The lowest BCUT2D eigenvalue weighted by atomic mass is 10.1. The number of hydrogen-bond donors (Lipinski definition) is 1. The van der Waals surface area contributed by atoms with Gasteiger partial charge in [0.15, 0.2) is 5.82 Å². The van der Waals surface area contributed by atoms with E-state index in [1.54, 1.807) is 12.4 Å². The molecule has 0 aliphatic carbocycles. The molecule has 0 aliphatic rings. The minimum absolute atomic E-state index is 0.487. The van der Waals surface area contributed by atoms with Crippen molar-refractivity contribution in [1.29, 1.82) is 0 Å². The second-order valence-electron chi connectivity index (χ2n) is 8.26. The first-order valence-electron chi connectivity index (χ1n) is 12.2. The van der Waals surface area contributed by atoms with Gasteiger partial charge in [-0.05, 0) is 47.9 Å². The second-order valence-corrected chi connectivity index (χ2v) is 8.26. The van der Waals surface area contributed by atoms with Gasteiger partial charge in [0.25, 0.3) is 0 Å². The zero-order valence-corrected chi connectivity index (χ0v) is 20.4. The molecule has 0 aliphatic heterocycles. The summed E-state index contributed by atoms with van der Waals surface area (Å²) in [5.74, 6) is 1.89. The highest BCUT2D eigenvalue weighted by atomic mass is 16.5. The van der Waals surface area contributed by atoms with Crippen LogP contribution in [0.15, 0.2) is 78.0 Å². The van der Waals surface area contributed by atoms with Crippen molar-refractivity contribution in [3.05, 3.63) is 84.4 Å². The molecule has 7 heteroatoms. The van der Waals surface area contributed by atoms with Crippen LogP contribution in [0.1, 0.15) is 38.2 Å². The summed E-state index contributed by atoms with van der Waals surface area (Å²) in [6.07, 6.45) is 6.21. The number of anilines is 2. The van der Waals surface area contributed by atoms with Gasteiger partial charge in [-0.2, -0.15) is 10.1 Å². The van der Waals surface area contributed by atoms with Gasteiger partial charge in [-0.3, -0.25) is 10.4 Å². The highest BCUT2D eigenvalue weighted by Gasteiger charge is 2.11. The molecule has 1 N–H and O–H groups in total. The predicted molar refractivity (Wildman–Crippen MR) is 143 cm³/mol. The van der Waals surface area contributed by atoms with E-state index >= 15 is 0 Å². The molecule has 7 nitrogen and oxygen atoms in total. The summed E-state index contributed by atoms with van der Waals surface area (Å²) in [6, 6.07) is 22.2. The molecule has 2 aromatic heterocycles. The Kier molecular flexibility index (Phi) is 8.59. The maximum Gasteiger partial charge on any atom is 0.219 e. The van der Waals surface area contributed by atoms with E-state index in [0.717, 1.165) is 48.5 Å². The highest BCUT2D eigenvalue weighted by molar-refractivity contribution is 5.86.